The standard InChI is InChI=1S/C20H22N2O3S/c1-6-24-18-14(5)19-16(12(3)9-25-19)8-15(18)11(2)7-17(23)22-20-21-13(4)10-26-20/h7-10H,6H2,1-5H3,(H,21,22,23)/b11-7+. The highest BCUT2D eigenvalue weighted by Gasteiger charge is 2.17. The molecule has 0 atom stereocenters. The number of furan rings is 1. The third-order valence-corrected chi connectivity index (χ3v) is 5.02. The molecule has 0 unspecified atom stereocenters. The van der Waals surface area contributed by atoms with Crippen LogP contribution in [0.3, 0.4) is 0 Å². The highest BCUT2D eigenvalue weighted by atomic mass is 32.1. The first-order chi connectivity index (χ1) is 12.4. The number of fused-ring (bicyclic) bond motifs is 1. The van der Waals surface area contributed by atoms with Crippen LogP contribution in [-0.2, 0) is 4.79 Å². The van der Waals surface area contributed by atoms with Crippen molar-refractivity contribution >= 4 is 38.9 Å². The number of nitrogens with zero attached hydrogens (tertiary/aromatic N) is 1. The summed E-state index contributed by atoms with van der Waals surface area (Å²) in [6.07, 6.45) is 3.32. The van der Waals surface area contributed by atoms with Crippen LogP contribution in [0, 0.1) is 20.8 Å². The predicted octanol–water partition coefficient (Wildman–Crippen LogP) is 5.26. The van der Waals surface area contributed by atoms with Gasteiger partial charge in [0.05, 0.1) is 18.6 Å². The van der Waals surface area contributed by atoms with E-state index in [2.05, 4.69) is 10.3 Å². The Hall–Kier alpha value is -2.60. The molecule has 1 aromatic carbocycles. The first-order valence-electron chi connectivity index (χ1n) is 8.46. The number of ether oxygens (including phenoxy) is 1. The summed E-state index contributed by atoms with van der Waals surface area (Å²) < 4.78 is 11.5. The van der Waals surface area contributed by atoms with Crippen molar-refractivity contribution in [3.05, 3.63) is 46.2 Å². The molecular formula is C20H22N2O3S. The SMILES string of the molecule is CCOc1c(/C(C)=C/C(=O)Nc2nc(C)cs2)cc2c(C)coc2c1C. The van der Waals surface area contributed by atoms with Gasteiger partial charge in [0.1, 0.15) is 11.3 Å². The number of carbonyl (C=O) groups is 1. The second kappa shape index (κ2) is 7.33. The first-order valence-corrected chi connectivity index (χ1v) is 9.34. The molecule has 3 rings (SSSR count). The second-order valence-electron chi connectivity index (χ2n) is 6.22. The van der Waals surface area contributed by atoms with Crippen LogP contribution >= 0.6 is 11.3 Å². The van der Waals surface area contributed by atoms with Gasteiger partial charge in [-0.3, -0.25) is 10.1 Å². The third kappa shape index (κ3) is 3.51. The lowest BCUT2D eigenvalue weighted by molar-refractivity contribution is -0.111. The zero-order chi connectivity index (χ0) is 18.8. The summed E-state index contributed by atoms with van der Waals surface area (Å²) >= 11 is 1.41. The summed E-state index contributed by atoms with van der Waals surface area (Å²) in [5.41, 5.74) is 5.43. The van der Waals surface area contributed by atoms with Crippen LogP contribution in [0.25, 0.3) is 16.5 Å². The number of amides is 1. The first kappa shape index (κ1) is 18.2. The molecule has 0 aliphatic heterocycles. The highest BCUT2D eigenvalue weighted by Crippen LogP contribution is 2.37. The number of anilines is 1. The Morgan fingerprint density at radius 2 is 2.15 bits per heavy atom. The van der Waals surface area contributed by atoms with E-state index in [-0.39, 0.29) is 5.91 Å². The average Bonchev–Trinajstić information content (AvgIpc) is 3.16. The lowest BCUT2D eigenvalue weighted by Crippen LogP contribution is -2.08. The highest BCUT2D eigenvalue weighted by molar-refractivity contribution is 7.13. The number of benzene rings is 1. The van der Waals surface area contributed by atoms with Crippen molar-refractivity contribution < 1.29 is 13.9 Å². The van der Waals surface area contributed by atoms with E-state index in [1.807, 2.05) is 46.1 Å². The van der Waals surface area contributed by atoms with Gasteiger partial charge in [-0.2, -0.15) is 0 Å². The van der Waals surface area contributed by atoms with E-state index in [1.165, 1.54) is 11.3 Å². The minimum Gasteiger partial charge on any atom is -0.493 e. The molecule has 2 heterocycles. The summed E-state index contributed by atoms with van der Waals surface area (Å²) in [6.45, 7) is 10.3. The number of hydrogen-bond donors (Lipinski definition) is 1. The number of hydrogen-bond acceptors (Lipinski definition) is 5. The Bertz CT molecular complexity index is 998. The fraction of sp³-hybridized carbons (Fsp3) is 0.300. The third-order valence-electron chi connectivity index (χ3n) is 4.15. The molecule has 0 saturated carbocycles. The Morgan fingerprint density at radius 1 is 1.38 bits per heavy atom. The van der Waals surface area contributed by atoms with Gasteiger partial charge < -0.3 is 9.15 Å². The maximum absolute atomic E-state index is 12.4. The van der Waals surface area contributed by atoms with Gasteiger partial charge in [-0.1, -0.05) is 0 Å². The largest absolute Gasteiger partial charge is 0.493 e. The number of nitrogens with one attached hydrogen (secondary N) is 1. The van der Waals surface area contributed by atoms with Gasteiger partial charge in [0.2, 0.25) is 5.91 Å². The van der Waals surface area contributed by atoms with Crippen LogP contribution in [-0.4, -0.2) is 17.5 Å². The summed E-state index contributed by atoms with van der Waals surface area (Å²) in [5.74, 6) is 0.543. The zero-order valence-electron chi connectivity index (χ0n) is 15.6. The second-order valence-corrected chi connectivity index (χ2v) is 7.08. The Morgan fingerprint density at radius 3 is 2.81 bits per heavy atom. The number of aryl methyl sites for hydroxylation is 3. The van der Waals surface area contributed by atoms with E-state index in [0.29, 0.717) is 11.7 Å². The number of carbonyl (C=O) groups excluding carboxylic acids is 1. The van der Waals surface area contributed by atoms with E-state index in [0.717, 1.165) is 44.7 Å². The molecule has 0 aliphatic carbocycles. The van der Waals surface area contributed by atoms with E-state index in [1.54, 1.807) is 12.3 Å². The van der Waals surface area contributed by atoms with E-state index in [9.17, 15) is 4.79 Å². The summed E-state index contributed by atoms with van der Waals surface area (Å²) in [6, 6.07) is 2.03. The van der Waals surface area contributed by atoms with Crippen molar-refractivity contribution in [2.24, 2.45) is 0 Å². The van der Waals surface area contributed by atoms with Gasteiger partial charge in [0.25, 0.3) is 0 Å². The van der Waals surface area contributed by atoms with Gasteiger partial charge >= 0.3 is 0 Å². The molecule has 26 heavy (non-hydrogen) atoms. The quantitative estimate of drug-likeness (QED) is 0.623. The number of rotatable bonds is 5. The molecule has 0 saturated heterocycles. The minimum atomic E-state index is -0.207. The molecule has 5 nitrogen and oxygen atoms in total. The fourth-order valence-electron chi connectivity index (χ4n) is 2.89. The summed E-state index contributed by atoms with van der Waals surface area (Å²) in [5, 5.41) is 6.34. The molecular weight excluding hydrogens is 348 g/mol. The number of thiazole rings is 1. The number of aromatic nitrogens is 1. The lowest BCUT2D eigenvalue weighted by Gasteiger charge is -2.14. The van der Waals surface area contributed by atoms with Gasteiger partial charge in [0.15, 0.2) is 5.13 Å². The molecule has 1 N–H and O–H groups in total. The van der Waals surface area contributed by atoms with Crippen LogP contribution in [0.1, 0.15) is 36.2 Å². The van der Waals surface area contributed by atoms with Crippen molar-refractivity contribution in [3.63, 3.8) is 0 Å². The smallest absolute Gasteiger partial charge is 0.250 e. The van der Waals surface area contributed by atoms with Crippen LogP contribution in [0.15, 0.2) is 28.2 Å². The summed E-state index contributed by atoms with van der Waals surface area (Å²) in [7, 11) is 0. The van der Waals surface area contributed by atoms with Crippen molar-refractivity contribution in [1.29, 1.82) is 0 Å². The molecule has 1 amide bonds. The minimum absolute atomic E-state index is 0.207. The summed E-state index contributed by atoms with van der Waals surface area (Å²) in [4.78, 5) is 16.6. The molecule has 6 heteroatoms. The Balaban J connectivity index is 2.00. The topological polar surface area (TPSA) is 64.4 Å². The molecule has 0 fully saturated rings. The fourth-order valence-corrected chi connectivity index (χ4v) is 3.58. The maximum Gasteiger partial charge on any atom is 0.250 e. The van der Waals surface area contributed by atoms with Crippen LogP contribution < -0.4 is 10.1 Å². The van der Waals surface area contributed by atoms with Gasteiger partial charge in [-0.25, -0.2) is 4.98 Å². The lowest BCUT2D eigenvalue weighted by atomic mass is 9.98. The van der Waals surface area contributed by atoms with Crippen LogP contribution in [0.5, 0.6) is 5.75 Å². The van der Waals surface area contributed by atoms with Crippen LogP contribution in [0.4, 0.5) is 5.13 Å². The van der Waals surface area contributed by atoms with E-state index < -0.39 is 0 Å². The molecule has 0 radical (unpaired) electrons. The maximum atomic E-state index is 12.4. The van der Waals surface area contributed by atoms with Crippen molar-refractivity contribution in [3.8, 4) is 5.75 Å². The molecule has 3 aromatic rings. The molecule has 0 spiro atoms. The Labute approximate surface area is 156 Å². The van der Waals surface area contributed by atoms with Crippen molar-refractivity contribution in [2.45, 2.75) is 34.6 Å². The average molecular weight is 370 g/mol. The van der Waals surface area contributed by atoms with Gasteiger partial charge in [-0.05, 0) is 51.8 Å². The van der Waals surface area contributed by atoms with Crippen LogP contribution in [0.2, 0.25) is 0 Å². The normalized spacial score (nSPS) is 11.8. The molecule has 0 bridgehead atoms. The molecule has 2 aromatic heterocycles. The zero-order valence-corrected chi connectivity index (χ0v) is 16.4. The van der Waals surface area contributed by atoms with E-state index in [4.69, 9.17) is 9.15 Å². The molecule has 136 valence electrons. The molecule has 0 aliphatic rings. The monoisotopic (exact) mass is 370 g/mol. The van der Waals surface area contributed by atoms with E-state index >= 15 is 0 Å². The van der Waals surface area contributed by atoms with Crippen molar-refractivity contribution in [2.75, 3.05) is 11.9 Å². The van der Waals surface area contributed by atoms with Gasteiger partial charge in [-0.15, -0.1) is 11.3 Å². The predicted molar refractivity (Wildman–Crippen MR) is 106 cm³/mol. The number of allylic oxidation sites excluding steroid dienone is 1. The van der Waals surface area contributed by atoms with Crippen molar-refractivity contribution in [1.82, 2.24) is 4.98 Å². The Kier molecular flexibility index (Phi) is 5.13. The van der Waals surface area contributed by atoms with Gasteiger partial charge in [0, 0.05) is 28.0 Å².